The number of hydrogen-bond acceptors (Lipinski definition) is 2. The summed E-state index contributed by atoms with van der Waals surface area (Å²) in [5.41, 5.74) is 2.99. The van der Waals surface area contributed by atoms with E-state index in [2.05, 4.69) is 54.8 Å². The summed E-state index contributed by atoms with van der Waals surface area (Å²) >= 11 is 0. The van der Waals surface area contributed by atoms with Crippen LogP contribution in [0.3, 0.4) is 0 Å². The maximum atomic E-state index is 2.68. The lowest BCUT2D eigenvalue weighted by molar-refractivity contribution is 0.294. The summed E-state index contributed by atoms with van der Waals surface area (Å²) in [6, 6.07) is 9.46. The second-order valence-corrected chi connectivity index (χ2v) is 8.51. The van der Waals surface area contributed by atoms with Crippen LogP contribution < -0.4 is 0 Å². The van der Waals surface area contributed by atoms with Crippen LogP contribution in [0.15, 0.2) is 24.3 Å². The minimum atomic E-state index is 0.670. The van der Waals surface area contributed by atoms with Gasteiger partial charge in [-0.05, 0) is 80.7 Å². The minimum absolute atomic E-state index is 0.670. The molecule has 2 atom stereocenters. The zero-order valence-electron chi connectivity index (χ0n) is 16.0. The smallest absolute Gasteiger partial charge is 0.0233 e. The van der Waals surface area contributed by atoms with E-state index in [9.17, 15) is 0 Å². The van der Waals surface area contributed by atoms with Gasteiger partial charge in [0.2, 0.25) is 0 Å². The van der Waals surface area contributed by atoms with Crippen molar-refractivity contribution in [2.24, 2.45) is 11.8 Å². The van der Waals surface area contributed by atoms with E-state index >= 15 is 0 Å². The van der Waals surface area contributed by atoms with Crippen molar-refractivity contribution in [2.75, 3.05) is 32.7 Å². The van der Waals surface area contributed by atoms with Crippen molar-refractivity contribution < 1.29 is 0 Å². The van der Waals surface area contributed by atoms with E-state index in [1.165, 1.54) is 69.5 Å². The Morgan fingerprint density at radius 2 is 1.67 bits per heavy atom. The van der Waals surface area contributed by atoms with Crippen molar-refractivity contribution >= 4 is 0 Å². The molecule has 0 spiro atoms. The predicted octanol–water partition coefficient (Wildman–Crippen LogP) is 4.75. The molecule has 2 nitrogen and oxygen atoms in total. The quantitative estimate of drug-likeness (QED) is 0.712. The minimum Gasteiger partial charge on any atom is -0.303 e. The first kappa shape index (κ1) is 17.9. The molecule has 0 saturated carbocycles. The number of nitrogens with zero attached hydrogens (tertiary/aromatic N) is 2. The van der Waals surface area contributed by atoms with E-state index in [1.54, 1.807) is 0 Å². The topological polar surface area (TPSA) is 6.48 Å². The van der Waals surface area contributed by atoms with Gasteiger partial charge in [-0.25, -0.2) is 0 Å². The van der Waals surface area contributed by atoms with Gasteiger partial charge in [-0.1, -0.05) is 45.0 Å². The van der Waals surface area contributed by atoms with Crippen LogP contribution in [0.2, 0.25) is 0 Å². The third kappa shape index (κ3) is 4.83. The highest BCUT2D eigenvalue weighted by molar-refractivity contribution is 5.25. The van der Waals surface area contributed by atoms with Gasteiger partial charge in [-0.3, -0.25) is 4.90 Å². The van der Waals surface area contributed by atoms with Crippen LogP contribution in [0.25, 0.3) is 0 Å². The normalized spacial score (nSPS) is 24.1. The highest BCUT2D eigenvalue weighted by Crippen LogP contribution is 2.26. The number of rotatable bonds is 7. The summed E-state index contributed by atoms with van der Waals surface area (Å²) in [7, 11) is 0. The maximum Gasteiger partial charge on any atom is 0.0233 e. The summed E-state index contributed by atoms with van der Waals surface area (Å²) in [5, 5.41) is 0. The zero-order chi connectivity index (χ0) is 16.9. The lowest BCUT2D eigenvalue weighted by Gasteiger charge is -2.20. The molecule has 2 fully saturated rings. The molecule has 0 aromatic heterocycles. The molecule has 134 valence electrons. The number of hydrogen-bond donors (Lipinski definition) is 0. The van der Waals surface area contributed by atoms with Gasteiger partial charge in [-0.15, -0.1) is 0 Å². The largest absolute Gasteiger partial charge is 0.303 e. The van der Waals surface area contributed by atoms with E-state index < -0.39 is 0 Å². The Hall–Kier alpha value is -0.860. The van der Waals surface area contributed by atoms with E-state index in [4.69, 9.17) is 0 Å². The maximum absolute atomic E-state index is 2.68. The lowest BCUT2D eigenvalue weighted by atomic mass is 9.95. The van der Waals surface area contributed by atoms with Crippen LogP contribution in [0.1, 0.15) is 63.5 Å². The Morgan fingerprint density at radius 3 is 2.29 bits per heavy atom. The second kappa shape index (κ2) is 8.49. The molecule has 2 aliphatic heterocycles. The Labute approximate surface area is 149 Å². The van der Waals surface area contributed by atoms with Gasteiger partial charge in [-0.2, -0.15) is 0 Å². The first-order valence-electron chi connectivity index (χ1n) is 10.2. The van der Waals surface area contributed by atoms with Crippen molar-refractivity contribution in [1.82, 2.24) is 9.80 Å². The molecule has 0 aliphatic carbocycles. The summed E-state index contributed by atoms with van der Waals surface area (Å²) in [5.74, 6) is 2.43. The van der Waals surface area contributed by atoms with Gasteiger partial charge in [0.05, 0.1) is 0 Å². The fourth-order valence-electron chi connectivity index (χ4n) is 4.30. The summed E-state index contributed by atoms with van der Waals surface area (Å²) in [6.07, 6.45) is 5.44. The molecule has 3 rings (SSSR count). The summed E-state index contributed by atoms with van der Waals surface area (Å²) in [6.45, 7) is 14.7. The number of benzene rings is 1. The average Bonchev–Trinajstić information content (AvgIpc) is 3.25. The van der Waals surface area contributed by atoms with E-state index in [1.807, 2.05) is 0 Å². The van der Waals surface area contributed by atoms with Crippen molar-refractivity contribution in [2.45, 2.75) is 58.9 Å². The second-order valence-electron chi connectivity index (χ2n) is 8.51. The van der Waals surface area contributed by atoms with Gasteiger partial charge in [0.1, 0.15) is 0 Å². The molecular weight excluding hydrogens is 292 g/mol. The molecule has 2 aliphatic rings. The molecule has 1 aromatic rings. The first-order chi connectivity index (χ1) is 11.6. The molecular formula is C22H36N2. The Bertz CT molecular complexity index is 487. The van der Waals surface area contributed by atoms with Gasteiger partial charge < -0.3 is 4.90 Å². The van der Waals surface area contributed by atoms with E-state index in [0.29, 0.717) is 5.92 Å². The van der Waals surface area contributed by atoms with Crippen molar-refractivity contribution in [3.63, 3.8) is 0 Å². The first-order valence-corrected chi connectivity index (χ1v) is 10.2. The number of likely N-dealkylation sites (tertiary alicyclic amines) is 2. The SMILES string of the molecule is CC(CCN1CCC(C(C)C)C1)c1ccc(CN2CCCC2)cc1. The van der Waals surface area contributed by atoms with Crippen LogP contribution in [0, 0.1) is 11.8 Å². The van der Waals surface area contributed by atoms with Crippen molar-refractivity contribution in [3.05, 3.63) is 35.4 Å². The van der Waals surface area contributed by atoms with Gasteiger partial charge in [0.15, 0.2) is 0 Å². The third-order valence-corrected chi connectivity index (χ3v) is 6.28. The summed E-state index contributed by atoms with van der Waals surface area (Å²) < 4.78 is 0. The molecule has 2 saturated heterocycles. The summed E-state index contributed by atoms with van der Waals surface area (Å²) in [4.78, 5) is 5.26. The monoisotopic (exact) mass is 328 g/mol. The fourth-order valence-corrected chi connectivity index (χ4v) is 4.30. The molecule has 0 N–H and O–H groups in total. The van der Waals surface area contributed by atoms with Crippen LogP contribution in [-0.2, 0) is 6.54 Å². The van der Waals surface area contributed by atoms with Gasteiger partial charge in [0.25, 0.3) is 0 Å². The van der Waals surface area contributed by atoms with Gasteiger partial charge >= 0.3 is 0 Å². The lowest BCUT2D eigenvalue weighted by Crippen LogP contribution is -2.24. The molecule has 2 heteroatoms. The van der Waals surface area contributed by atoms with Crippen LogP contribution in [0.5, 0.6) is 0 Å². The van der Waals surface area contributed by atoms with Gasteiger partial charge in [0, 0.05) is 13.1 Å². The molecule has 2 unspecified atom stereocenters. The molecule has 0 radical (unpaired) electrons. The third-order valence-electron chi connectivity index (χ3n) is 6.28. The highest BCUT2D eigenvalue weighted by atomic mass is 15.1. The van der Waals surface area contributed by atoms with Crippen molar-refractivity contribution in [1.29, 1.82) is 0 Å². The molecule has 0 amide bonds. The van der Waals surface area contributed by atoms with E-state index in [0.717, 1.165) is 18.4 Å². The van der Waals surface area contributed by atoms with Crippen molar-refractivity contribution in [3.8, 4) is 0 Å². The molecule has 1 aromatic carbocycles. The van der Waals surface area contributed by atoms with E-state index in [-0.39, 0.29) is 0 Å². The molecule has 2 heterocycles. The average molecular weight is 329 g/mol. The van der Waals surface area contributed by atoms with Crippen LogP contribution in [-0.4, -0.2) is 42.5 Å². The Balaban J connectivity index is 1.44. The fraction of sp³-hybridized carbons (Fsp3) is 0.727. The Morgan fingerprint density at radius 1 is 0.958 bits per heavy atom. The molecule has 0 bridgehead atoms. The highest BCUT2D eigenvalue weighted by Gasteiger charge is 2.24. The van der Waals surface area contributed by atoms with Crippen LogP contribution >= 0.6 is 0 Å². The predicted molar refractivity (Wildman–Crippen MR) is 103 cm³/mol. The Kier molecular flexibility index (Phi) is 6.35. The zero-order valence-corrected chi connectivity index (χ0v) is 16.0. The standard InChI is InChI=1S/C22H36N2/c1-18(2)22-11-15-24(17-22)14-10-19(3)21-8-6-20(7-9-21)16-23-12-4-5-13-23/h6-9,18-19,22H,4-5,10-17H2,1-3H3. The molecule has 24 heavy (non-hydrogen) atoms. The van der Waals surface area contributed by atoms with Crippen LogP contribution in [0.4, 0.5) is 0 Å².